The first kappa shape index (κ1) is 20.5. The number of hydrogen-bond acceptors (Lipinski definition) is 7. The van der Waals surface area contributed by atoms with Gasteiger partial charge < -0.3 is 9.47 Å². The maximum Gasteiger partial charge on any atom is 0.263 e. The Morgan fingerprint density at radius 1 is 1.03 bits per heavy atom. The molecular formula is C21H24N4O4S. The first-order valence-electron chi connectivity index (χ1n) is 9.81. The quantitative estimate of drug-likeness (QED) is 0.618. The highest BCUT2D eigenvalue weighted by Gasteiger charge is 2.21. The van der Waals surface area contributed by atoms with Gasteiger partial charge in [0.25, 0.3) is 15.9 Å². The highest BCUT2D eigenvalue weighted by molar-refractivity contribution is 7.92. The zero-order chi connectivity index (χ0) is 21.0. The highest BCUT2D eigenvalue weighted by Crippen LogP contribution is 2.27. The number of anilines is 1. The first-order valence-corrected chi connectivity index (χ1v) is 11.3. The van der Waals surface area contributed by atoms with E-state index in [0.29, 0.717) is 43.0 Å². The van der Waals surface area contributed by atoms with E-state index >= 15 is 0 Å². The lowest BCUT2D eigenvalue weighted by atomic mass is 10.2. The van der Waals surface area contributed by atoms with Gasteiger partial charge in [0.1, 0.15) is 6.61 Å². The molecule has 1 fully saturated rings. The third-order valence-corrected chi connectivity index (χ3v) is 6.40. The van der Waals surface area contributed by atoms with E-state index in [0.717, 1.165) is 13.1 Å². The molecule has 0 atom stereocenters. The molecule has 9 heteroatoms. The van der Waals surface area contributed by atoms with Crippen molar-refractivity contribution in [2.24, 2.45) is 0 Å². The number of benzene rings is 2. The Balaban J connectivity index is 1.60. The van der Waals surface area contributed by atoms with Crippen molar-refractivity contribution in [1.29, 1.82) is 0 Å². The molecule has 1 aliphatic heterocycles. The number of nitrogens with zero attached hydrogens (tertiary/aromatic N) is 3. The molecule has 0 unspecified atom stereocenters. The van der Waals surface area contributed by atoms with Crippen molar-refractivity contribution in [3.63, 3.8) is 0 Å². The van der Waals surface area contributed by atoms with Crippen LogP contribution in [0.2, 0.25) is 0 Å². The summed E-state index contributed by atoms with van der Waals surface area (Å²) in [7, 11) is -3.84. The molecule has 1 saturated heterocycles. The molecule has 0 bridgehead atoms. The van der Waals surface area contributed by atoms with Gasteiger partial charge >= 0.3 is 0 Å². The summed E-state index contributed by atoms with van der Waals surface area (Å²) in [6, 6.07) is 14.1. The zero-order valence-corrected chi connectivity index (χ0v) is 17.6. The van der Waals surface area contributed by atoms with Crippen LogP contribution in [-0.4, -0.2) is 62.7 Å². The fourth-order valence-electron chi connectivity index (χ4n) is 3.29. The van der Waals surface area contributed by atoms with Crippen molar-refractivity contribution in [2.45, 2.75) is 11.8 Å². The van der Waals surface area contributed by atoms with Crippen LogP contribution >= 0.6 is 0 Å². The van der Waals surface area contributed by atoms with Crippen LogP contribution in [0.4, 0.5) is 5.82 Å². The maximum absolute atomic E-state index is 13.0. The SMILES string of the molecule is Cc1ccccc1S(=O)(=O)Nc1nc2ccccc2nc1OCCN1CCOCC1. The molecule has 2 aromatic carbocycles. The fraction of sp³-hybridized carbons (Fsp3) is 0.333. The van der Waals surface area contributed by atoms with Crippen LogP contribution in [0.3, 0.4) is 0 Å². The largest absolute Gasteiger partial charge is 0.474 e. The Kier molecular flexibility index (Phi) is 6.12. The van der Waals surface area contributed by atoms with Crippen molar-refractivity contribution in [1.82, 2.24) is 14.9 Å². The maximum atomic E-state index is 13.0. The Morgan fingerprint density at radius 2 is 1.70 bits per heavy atom. The van der Waals surface area contributed by atoms with Gasteiger partial charge in [-0.2, -0.15) is 0 Å². The van der Waals surface area contributed by atoms with E-state index in [4.69, 9.17) is 9.47 Å². The van der Waals surface area contributed by atoms with Gasteiger partial charge in [-0.05, 0) is 30.7 Å². The van der Waals surface area contributed by atoms with Crippen LogP contribution in [0.5, 0.6) is 5.88 Å². The van der Waals surface area contributed by atoms with Gasteiger partial charge in [0.15, 0.2) is 0 Å². The molecule has 2 heterocycles. The van der Waals surface area contributed by atoms with Crippen LogP contribution < -0.4 is 9.46 Å². The average molecular weight is 429 g/mol. The van der Waals surface area contributed by atoms with Gasteiger partial charge in [-0.25, -0.2) is 18.4 Å². The van der Waals surface area contributed by atoms with Crippen molar-refractivity contribution < 1.29 is 17.9 Å². The second kappa shape index (κ2) is 8.95. The zero-order valence-electron chi connectivity index (χ0n) is 16.7. The predicted octanol–water partition coefficient (Wildman–Crippen LogP) is 2.45. The van der Waals surface area contributed by atoms with Gasteiger partial charge in [-0.3, -0.25) is 9.62 Å². The van der Waals surface area contributed by atoms with E-state index in [2.05, 4.69) is 19.6 Å². The normalized spacial score (nSPS) is 15.2. The van der Waals surface area contributed by atoms with Crippen molar-refractivity contribution in [3.05, 3.63) is 54.1 Å². The third kappa shape index (κ3) is 4.69. The van der Waals surface area contributed by atoms with E-state index in [-0.39, 0.29) is 16.6 Å². The molecule has 158 valence electrons. The predicted molar refractivity (Wildman–Crippen MR) is 114 cm³/mol. The number of nitrogens with one attached hydrogen (secondary N) is 1. The number of aryl methyl sites for hydroxylation is 1. The molecule has 1 N–H and O–H groups in total. The van der Waals surface area contributed by atoms with E-state index in [1.54, 1.807) is 37.3 Å². The van der Waals surface area contributed by atoms with Gasteiger partial charge in [0.05, 0.1) is 29.1 Å². The number of aromatic nitrogens is 2. The summed E-state index contributed by atoms with van der Waals surface area (Å²) >= 11 is 0. The minimum Gasteiger partial charge on any atom is -0.474 e. The summed E-state index contributed by atoms with van der Waals surface area (Å²) in [4.78, 5) is 11.4. The Labute approximate surface area is 175 Å². The molecule has 0 aliphatic carbocycles. The number of hydrogen-bond donors (Lipinski definition) is 1. The third-order valence-electron chi connectivity index (χ3n) is 4.90. The Morgan fingerprint density at radius 3 is 2.43 bits per heavy atom. The molecular weight excluding hydrogens is 404 g/mol. The van der Waals surface area contributed by atoms with E-state index < -0.39 is 10.0 Å². The van der Waals surface area contributed by atoms with Crippen LogP contribution in [-0.2, 0) is 14.8 Å². The number of fused-ring (bicyclic) bond motifs is 1. The summed E-state index contributed by atoms with van der Waals surface area (Å²) in [6.07, 6.45) is 0. The highest BCUT2D eigenvalue weighted by atomic mass is 32.2. The number of rotatable bonds is 7. The molecule has 8 nitrogen and oxygen atoms in total. The molecule has 3 aromatic rings. The van der Waals surface area contributed by atoms with Crippen LogP contribution in [0.25, 0.3) is 11.0 Å². The minimum atomic E-state index is -3.84. The first-order chi connectivity index (χ1) is 14.5. The molecule has 0 saturated carbocycles. The summed E-state index contributed by atoms with van der Waals surface area (Å²) in [5.41, 5.74) is 1.87. The van der Waals surface area contributed by atoms with Gasteiger partial charge in [-0.1, -0.05) is 30.3 Å². The van der Waals surface area contributed by atoms with Crippen LogP contribution in [0.15, 0.2) is 53.4 Å². The molecule has 0 radical (unpaired) electrons. The standard InChI is InChI=1S/C21H24N4O4S/c1-16-6-2-5-9-19(16)30(26,27)24-20-21(23-18-8-4-3-7-17(18)22-20)29-15-12-25-10-13-28-14-11-25/h2-9H,10-15H2,1H3,(H,22,24). The Hall–Kier alpha value is -2.75. The van der Waals surface area contributed by atoms with E-state index in [9.17, 15) is 8.42 Å². The van der Waals surface area contributed by atoms with Crippen molar-refractivity contribution in [2.75, 3.05) is 44.2 Å². The summed E-state index contributed by atoms with van der Waals surface area (Å²) in [5, 5.41) is 0. The molecule has 0 spiro atoms. The lowest BCUT2D eigenvalue weighted by Crippen LogP contribution is -2.38. The van der Waals surface area contributed by atoms with Gasteiger partial charge in [-0.15, -0.1) is 0 Å². The van der Waals surface area contributed by atoms with Crippen molar-refractivity contribution >= 4 is 26.9 Å². The number of sulfonamides is 1. The smallest absolute Gasteiger partial charge is 0.263 e. The number of para-hydroxylation sites is 2. The second-order valence-corrected chi connectivity index (χ2v) is 8.69. The Bertz CT molecular complexity index is 1130. The molecule has 1 aliphatic rings. The van der Waals surface area contributed by atoms with E-state index in [1.807, 2.05) is 18.2 Å². The topological polar surface area (TPSA) is 93.7 Å². The molecule has 0 amide bonds. The molecule has 30 heavy (non-hydrogen) atoms. The van der Waals surface area contributed by atoms with Crippen LogP contribution in [0, 0.1) is 6.92 Å². The summed E-state index contributed by atoms with van der Waals surface area (Å²) in [5.74, 6) is 0.248. The lowest BCUT2D eigenvalue weighted by Gasteiger charge is -2.26. The number of morpholine rings is 1. The number of ether oxygens (including phenoxy) is 2. The van der Waals surface area contributed by atoms with E-state index in [1.165, 1.54) is 0 Å². The minimum absolute atomic E-state index is 0.0823. The second-order valence-electron chi connectivity index (χ2n) is 7.04. The lowest BCUT2D eigenvalue weighted by molar-refractivity contribution is 0.0320. The fourth-order valence-corrected chi connectivity index (χ4v) is 4.53. The monoisotopic (exact) mass is 428 g/mol. The summed E-state index contributed by atoms with van der Waals surface area (Å²) < 4.78 is 39.7. The van der Waals surface area contributed by atoms with Crippen molar-refractivity contribution in [3.8, 4) is 5.88 Å². The van der Waals surface area contributed by atoms with Gasteiger partial charge in [0, 0.05) is 19.6 Å². The van der Waals surface area contributed by atoms with Gasteiger partial charge in [0.2, 0.25) is 5.82 Å². The van der Waals surface area contributed by atoms with Crippen LogP contribution in [0.1, 0.15) is 5.56 Å². The average Bonchev–Trinajstić information content (AvgIpc) is 2.75. The molecule has 1 aromatic heterocycles. The molecule has 4 rings (SSSR count). The summed E-state index contributed by atoms with van der Waals surface area (Å²) in [6.45, 7) is 5.92.